The highest BCUT2D eigenvalue weighted by atomic mass is 16.7. The van der Waals surface area contributed by atoms with E-state index in [4.69, 9.17) is 10.2 Å². The summed E-state index contributed by atoms with van der Waals surface area (Å²) in [6.45, 7) is 0.110. The minimum Gasteiger partial charge on any atom is -0.393 e. The molecule has 0 aromatic rings. The lowest BCUT2D eigenvalue weighted by atomic mass is 9.82. The van der Waals surface area contributed by atoms with Crippen LogP contribution < -0.4 is 0 Å². The fourth-order valence-electron chi connectivity index (χ4n) is 1.33. The summed E-state index contributed by atoms with van der Waals surface area (Å²) in [6, 6.07) is 0. The fraction of sp³-hybridized carbons (Fsp3) is 1.00. The minimum atomic E-state index is -2.83. The molecule has 0 saturated carbocycles. The molecule has 0 aliphatic carbocycles. The molecule has 0 bridgehead atoms. The second-order valence-corrected chi connectivity index (χ2v) is 3.52. The molecule has 4 atom stereocenters. The number of hydrogen-bond acceptors (Lipinski definition) is 7. The Morgan fingerprint density at radius 1 is 1.21 bits per heavy atom. The second-order valence-electron chi connectivity index (χ2n) is 3.52. The molecule has 14 heavy (non-hydrogen) atoms. The van der Waals surface area contributed by atoms with Crippen molar-refractivity contribution in [2.24, 2.45) is 0 Å². The van der Waals surface area contributed by atoms with E-state index in [1.165, 1.54) is 0 Å². The Morgan fingerprint density at radius 2 is 1.71 bits per heavy atom. The molecule has 1 heterocycles. The Bertz CT molecular complexity index is 208. The van der Waals surface area contributed by atoms with Gasteiger partial charge in [0.05, 0.1) is 6.61 Å². The molecule has 1 fully saturated rings. The smallest absolute Gasteiger partial charge is 0.224 e. The van der Waals surface area contributed by atoms with Gasteiger partial charge in [0.2, 0.25) is 5.79 Å². The van der Waals surface area contributed by atoms with Crippen molar-refractivity contribution in [1.29, 1.82) is 0 Å². The number of rotatable bonds is 1. The molecule has 7 heteroatoms. The average molecular weight is 210 g/mol. The van der Waals surface area contributed by atoms with Crippen LogP contribution in [0.5, 0.6) is 0 Å². The monoisotopic (exact) mass is 210 g/mol. The molecule has 0 aromatic carbocycles. The van der Waals surface area contributed by atoms with Crippen molar-refractivity contribution in [1.82, 2.24) is 0 Å². The summed E-state index contributed by atoms with van der Waals surface area (Å²) >= 11 is 0. The average Bonchev–Trinajstić information content (AvgIpc) is 2.09. The van der Waals surface area contributed by atoms with Crippen molar-refractivity contribution in [2.75, 3.05) is 6.61 Å². The van der Waals surface area contributed by atoms with Gasteiger partial charge in [-0.05, 0) is 6.92 Å². The Hall–Kier alpha value is -0.280. The zero-order valence-corrected chi connectivity index (χ0v) is 7.53. The Morgan fingerprint density at radius 3 is 2.14 bits per heavy atom. The maximum atomic E-state index is 9.54. The SMILES string of the molecule is C[C@@]1(O)[C@@H](O)[C@H](O)O[C@H](CO)C1(O)O. The fourth-order valence-corrected chi connectivity index (χ4v) is 1.33. The van der Waals surface area contributed by atoms with Crippen LogP contribution in [0.25, 0.3) is 0 Å². The summed E-state index contributed by atoms with van der Waals surface area (Å²) in [5, 5.41) is 55.4. The molecule has 6 N–H and O–H groups in total. The van der Waals surface area contributed by atoms with Gasteiger partial charge in [-0.25, -0.2) is 0 Å². The molecule has 7 nitrogen and oxygen atoms in total. The van der Waals surface area contributed by atoms with Crippen LogP contribution >= 0.6 is 0 Å². The maximum Gasteiger partial charge on any atom is 0.224 e. The molecular formula is C7H14O7. The normalized spacial score (nSPS) is 47.8. The molecule has 1 saturated heterocycles. The highest BCUT2D eigenvalue weighted by Crippen LogP contribution is 2.35. The van der Waals surface area contributed by atoms with E-state index in [0.717, 1.165) is 6.92 Å². The van der Waals surface area contributed by atoms with Gasteiger partial charge in [-0.1, -0.05) is 0 Å². The largest absolute Gasteiger partial charge is 0.393 e. The van der Waals surface area contributed by atoms with Crippen LogP contribution in [0, 0.1) is 0 Å². The van der Waals surface area contributed by atoms with Crippen LogP contribution in [0.3, 0.4) is 0 Å². The number of aliphatic hydroxyl groups is 6. The van der Waals surface area contributed by atoms with Crippen LogP contribution in [-0.2, 0) is 4.74 Å². The zero-order valence-electron chi connectivity index (χ0n) is 7.53. The standard InChI is InChI=1S/C7H14O7/c1-6(11)4(9)5(10)14-3(2-8)7(6,12)13/h3-5,8-13H,2H2,1H3/t3-,4+,5-,6-/m1/s1. The Kier molecular flexibility index (Phi) is 2.85. The van der Waals surface area contributed by atoms with Crippen LogP contribution in [0.1, 0.15) is 6.92 Å². The molecule has 84 valence electrons. The third-order valence-electron chi connectivity index (χ3n) is 2.51. The van der Waals surface area contributed by atoms with Gasteiger partial charge < -0.3 is 35.4 Å². The lowest BCUT2D eigenvalue weighted by Gasteiger charge is -2.49. The summed E-state index contributed by atoms with van der Waals surface area (Å²) in [7, 11) is 0. The lowest BCUT2D eigenvalue weighted by Crippen LogP contribution is -2.73. The first kappa shape index (κ1) is 11.8. The molecule has 0 radical (unpaired) electrons. The molecule has 1 aliphatic heterocycles. The minimum absolute atomic E-state index is 0.813. The number of aliphatic hydroxyl groups excluding tert-OH is 3. The molecule has 0 spiro atoms. The van der Waals surface area contributed by atoms with Crippen molar-refractivity contribution >= 4 is 0 Å². The van der Waals surface area contributed by atoms with Crippen LogP contribution in [0.15, 0.2) is 0 Å². The molecule has 0 unspecified atom stereocenters. The molecule has 1 rings (SSSR count). The maximum absolute atomic E-state index is 9.54. The van der Waals surface area contributed by atoms with Crippen molar-refractivity contribution < 1.29 is 35.4 Å². The molecular weight excluding hydrogens is 196 g/mol. The molecule has 0 aromatic heterocycles. The predicted molar refractivity (Wildman–Crippen MR) is 41.8 cm³/mol. The van der Waals surface area contributed by atoms with Crippen molar-refractivity contribution in [2.45, 2.75) is 36.8 Å². The van der Waals surface area contributed by atoms with E-state index in [1.807, 2.05) is 0 Å². The van der Waals surface area contributed by atoms with Crippen LogP contribution in [0.4, 0.5) is 0 Å². The van der Waals surface area contributed by atoms with E-state index in [2.05, 4.69) is 4.74 Å². The van der Waals surface area contributed by atoms with Gasteiger partial charge in [0, 0.05) is 0 Å². The van der Waals surface area contributed by atoms with Crippen LogP contribution in [-0.4, -0.2) is 67.1 Å². The number of hydrogen-bond donors (Lipinski definition) is 6. The van der Waals surface area contributed by atoms with E-state index in [0.29, 0.717) is 0 Å². The predicted octanol–water partition coefficient (Wildman–Crippen LogP) is -3.51. The molecule has 0 amide bonds. The quantitative estimate of drug-likeness (QED) is 0.247. The van der Waals surface area contributed by atoms with Gasteiger partial charge in [-0.15, -0.1) is 0 Å². The van der Waals surface area contributed by atoms with E-state index < -0.39 is 36.5 Å². The van der Waals surface area contributed by atoms with Gasteiger partial charge in [-0.2, -0.15) is 0 Å². The summed E-state index contributed by atoms with van der Waals surface area (Å²) in [5.41, 5.74) is -2.39. The summed E-state index contributed by atoms with van der Waals surface area (Å²) in [4.78, 5) is 0. The highest BCUT2D eigenvalue weighted by Gasteiger charge is 2.61. The topological polar surface area (TPSA) is 131 Å². The summed E-state index contributed by atoms with van der Waals surface area (Å²) in [5.74, 6) is -2.83. The molecule has 1 aliphatic rings. The first-order valence-electron chi connectivity index (χ1n) is 4.04. The van der Waals surface area contributed by atoms with E-state index in [-0.39, 0.29) is 0 Å². The van der Waals surface area contributed by atoms with Crippen LogP contribution in [0.2, 0.25) is 0 Å². The lowest BCUT2D eigenvalue weighted by molar-refractivity contribution is -0.411. The van der Waals surface area contributed by atoms with Crippen molar-refractivity contribution in [3.63, 3.8) is 0 Å². The summed E-state index contributed by atoms with van der Waals surface area (Å²) in [6.07, 6.45) is -5.24. The second kappa shape index (κ2) is 3.38. The van der Waals surface area contributed by atoms with Gasteiger partial charge in [0.25, 0.3) is 0 Å². The van der Waals surface area contributed by atoms with Crippen molar-refractivity contribution in [3.05, 3.63) is 0 Å². The summed E-state index contributed by atoms with van der Waals surface area (Å²) < 4.78 is 4.49. The van der Waals surface area contributed by atoms with E-state index >= 15 is 0 Å². The van der Waals surface area contributed by atoms with E-state index in [9.17, 15) is 20.4 Å². The van der Waals surface area contributed by atoms with Gasteiger partial charge in [0.1, 0.15) is 17.8 Å². The zero-order chi connectivity index (χ0) is 11.1. The first-order valence-corrected chi connectivity index (χ1v) is 4.04. The Balaban J connectivity index is 3.01. The van der Waals surface area contributed by atoms with E-state index in [1.54, 1.807) is 0 Å². The third kappa shape index (κ3) is 1.43. The number of ether oxygens (including phenoxy) is 1. The highest BCUT2D eigenvalue weighted by molar-refractivity contribution is 5.03. The third-order valence-corrected chi connectivity index (χ3v) is 2.51. The Labute approximate surface area is 79.8 Å². The van der Waals surface area contributed by atoms with Gasteiger partial charge in [0.15, 0.2) is 6.29 Å². The van der Waals surface area contributed by atoms with Gasteiger partial charge in [-0.3, -0.25) is 0 Å². The van der Waals surface area contributed by atoms with Gasteiger partial charge >= 0.3 is 0 Å². The van der Waals surface area contributed by atoms with Crippen molar-refractivity contribution in [3.8, 4) is 0 Å². The first-order chi connectivity index (χ1) is 6.25.